The number of nitrogens with zero attached hydrogens (tertiary/aromatic N) is 1. The van der Waals surface area contributed by atoms with Gasteiger partial charge in [-0.05, 0) is 21.1 Å². The van der Waals surface area contributed by atoms with Gasteiger partial charge in [-0.15, -0.1) is 0 Å². The summed E-state index contributed by atoms with van der Waals surface area (Å²) in [5, 5.41) is 3.08. The molecule has 0 aromatic rings. The lowest BCUT2D eigenvalue weighted by atomic mass is 10.1. The molecule has 0 aromatic heterocycles. The summed E-state index contributed by atoms with van der Waals surface area (Å²) in [5.41, 5.74) is 0. The molecule has 0 aliphatic carbocycles. The van der Waals surface area contributed by atoms with Gasteiger partial charge in [0.05, 0.1) is 32.5 Å². The predicted octanol–water partition coefficient (Wildman–Crippen LogP) is -0.201. The van der Waals surface area contributed by atoms with Crippen LogP contribution in [0.25, 0.3) is 0 Å². The van der Waals surface area contributed by atoms with E-state index < -0.39 is 0 Å². The number of nitrogens with one attached hydrogen (secondary N) is 1. The monoisotopic (exact) mass is 202 g/mol. The van der Waals surface area contributed by atoms with Crippen LogP contribution in [0.15, 0.2) is 0 Å². The third-order valence-corrected chi connectivity index (χ3v) is 2.38. The molecule has 4 heteroatoms. The Morgan fingerprint density at radius 1 is 1.14 bits per heavy atom. The van der Waals surface area contributed by atoms with Crippen LogP contribution in [-0.2, 0) is 9.47 Å². The zero-order valence-electron chi connectivity index (χ0n) is 9.45. The molecule has 0 amide bonds. The van der Waals surface area contributed by atoms with Crippen LogP contribution in [0.4, 0.5) is 0 Å². The van der Waals surface area contributed by atoms with Crippen molar-refractivity contribution in [3.63, 3.8) is 0 Å². The number of likely N-dealkylation sites (N-methyl/N-ethyl adjacent to an activating group) is 1. The average Bonchev–Trinajstić information content (AvgIpc) is 1.96. The van der Waals surface area contributed by atoms with E-state index in [1.165, 1.54) is 6.54 Å². The molecular formula is C10H22N2O2. The molecular weight excluding hydrogens is 180 g/mol. The van der Waals surface area contributed by atoms with Crippen molar-refractivity contribution in [2.75, 3.05) is 54.1 Å². The zero-order valence-corrected chi connectivity index (χ0v) is 9.45. The molecule has 0 bridgehead atoms. The van der Waals surface area contributed by atoms with E-state index in [4.69, 9.17) is 9.47 Å². The fraction of sp³-hybridized carbons (Fsp3) is 1.00. The van der Waals surface area contributed by atoms with Crippen molar-refractivity contribution in [1.29, 1.82) is 0 Å². The molecule has 14 heavy (non-hydrogen) atoms. The Bertz CT molecular complexity index is 142. The van der Waals surface area contributed by atoms with Gasteiger partial charge in [0.25, 0.3) is 0 Å². The molecule has 2 heterocycles. The first-order chi connectivity index (χ1) is 6.72. The Hall–Kier alpha value is -0.160. The Kier molecular flexibility index (Phi) is 5.40. The largest absolute Gasteiger partial charge is 0.381 e. The minimum absolute atomic E-state index is 0.644. The van der Waals surface area contributed by atoms with Crippen molar-refractivity contribution in [3.8, 4) is 0 Å². The lowest BCUT2D eigenvalue weighted by Crippen LogP contribution is -2.43. The van der Waals surface area contributed by atoms with Gasteiger partial charge in [-0.1, -0.05) is 0 Å². The highest BCUT2D eigenvalue weighted by Gasteiger charge is 2.18. The van der Waals surface area contributed by atoms with E-state index in [0.717, 1.165) is 32.3 Å². The molecule has 1 N–H and O–H groups in total. The lowest BCUT2D eigenvalue weighted by Gasteiger charge is -2.28. The van der Waals surface area contributed by atoms with Gasteiger partial charge in [-0.25, -0.2) is 0 Å². The standard InChI is InChI=1S/C6H13NO.C4H9NO/c1-7(2)3-6-4-8-5-6;1-5-4-2-6-3-4/h6H,3-5H2,1-2H3;4-5H,2-3H2,1H3. The van der Waals surface area contributed by atoms with Crippen molar-refractivity contribution in [3.05, 3.63) is 0 Å². The van der Waals surface area contributed by atoms with Crippen LogP contribution in [0, 0.1) is 5.92 Å². The van der Waals surface area contributed by atoms with Gasteiger partial charge < -0.3 is 19.7 Å². The second-order valence-corrected chi connectivity index (χ2v) is 4.19. The van der Waals surface area contributed by atoms with Crippen molar-refractivity contribution in [2.24, 2.45) is 5.92 Å². The maximum absolute atomic E-state index is 5.01. The summed E-state index contributed by atoms with van der Waals surface area (Å²) in [6.07, 6.45) is 0. The highest BCUT2D eigenvalue weighted by Crippen LogP contribution is 2.09. The molecule has 84 valence electrons. The van der Waals surface area contributed by atoms with E-state index in [2.05, 4.69) is 24.3 Å². The minimum atomic E-state index is 0.644. The van der Waals surface area contributed by atoms with Crippen molar-refractivity contribution in [1.82, 2.24) is 10.2 Å². The van der Waals surface area contributed by atoms with E-state index in [1.54, 1.807) is 0 Å². The fourth-order valence-electron chi connectivity index (χ4n) is 1.31. The lowest BCUT2D eigenvalue weighted by molar-refractivity contribution is -0.0412. The normalized spacial score (nSPS) is 22.3. The third kappa shape index (κ3) is 4.37. The Labute approximate surface area is 86.6 Å². The molecule has 0 unspecified atom stereocenters. The van der Waals surface area contributed by atoms with E-state index in [9.17, 15) is 0 Å². The summed E-state index contributed by atoms with van der Waals surface area (Å²) in [5.74, 6) is 0.810. The Morgan fingerprint density at radius 2 is 1.71 bits per heavy atom. The van der Waals surface area contributed by atoms with Crippen molar-refractivity contribution in [2.45, 2.75) is 6.04 Å². The van der Waals surface area contributed by atoms with Gasteiger partial charge in [-0.3, -0.25) is 0 Å². The first-order valence-electron chi connectivity index (χ1n) is 5.20. The molecule has 0 saturated carbocycles. The highest BCUT2D eigenvalue weighted by molar-refractivity contribution is 4.69. The smallest absolute Gasteiger partial charge is 0.0642 e. The zero-order chi connectivity index (χ0) is 10.4. The molecule has 2 rings (SSSR count). The molecule has 4 nitrogen and oxygen atoms in total. The van der Waals surface area contributed by atoms with Crippen LogP contribution >= 0.6 is 0 Å². The van der Waals surface area contributed by atoms with Crippen LogP contribution in [0.3, 0.4) is 0 Å². The van der Waals surface area contributed by atoms with Gasteiger partial charge >= 0.3 is 0 Å². The molecule has 0 atom stereocenters. The first-order valence-corrected chi connectivity index (χ1v) is 5.20. The van der Waals surface area contributed by atoms with Crippen molar-refractivity contribution < 1.29 is 9.47 Å². The quantitative estimate of drug-likeness (QED) is 0.687. The summed E-state index contributed by atoms with van der Waals surface area (Å²) < 4.78 is 9.87. The summed E-state index contributed by atoms with van der Waals surface area (Å²) >= 11 is 0. The Balaban J connectivity index is 0.000000146. The van der Waals surface area contributed by atoms with Gasteiger partial charge in [0.15, 0.2) is 0 Å². The minimum Gasteiger partial charge on any atom is -0.381 e. The van der Waals surface area contributed by atoms with Crippen LogP contribution in [0.2, 0.25) is 0 Å². The molecule has 2 fully saturated rings. The van der Waals surface area contributed by atoms with E-state index in [1.807, 2.05) is 7.05 Å². The summed E-state index contributed by atoms with van der Waals surface area (Å²) in [7, 11) is 6.14. The van der Waals surface area contributed by atoms with Crippen LogP contribution in [-0.4, -0.2) is 65.1 Å². The SMILES string of the molecule is CN(C)CC1COC1.CNC1COC1. The van der Waals surface area contributed by atoms with Gasteiger partial charge in [-0.2, -0.15) is 0 Å². The number of rotatable bonds is 3. The molecule has 0 radical (unpaired) electrons. The van der Waals surface area contributed by atoms with Crippen molar-refractivity contribution >= 4 is 0 Å². The van der Waals surface area contributed by atoms with Gasteiger partial charge in [0, 0.05) is 12.5 Å². The van der Waals surface area contributed by atoms with Gasteiger partial charge in [0.2, 0.25) is 0 Å². The van der Waals surface area contributed by atoms with Crippen LogP contribution in [0.1, 0.15) is 0 Å². The third-order valence-electron chi connectivity index (χ3n) is 2.38. The maximum atomic E-state index is 5.01. The molecule has 2 aliphatic rings. The van der Waals surface area contributed by atoms with E-state index in [-0.39, 0.29) is 0 Å². The molecule has 2 saturated heterocycles. The first kappa shape index (κ1) is 11.9. The summed E-state index contributed by atoms with van der Waals surface area (Å²) in [6, 6.07) is 0.644. The molecule has 2 aliphatic heterocycles. The highest BCUT2D eigenvalue weighted by atomic mass is 16.5. The average molecular weight is 202 g/mol. The second kappa shape index (κ2) is 6.35. The fourth-order valence-corrected chi connectivity index (χ4v) is 1.31. The van der Waals surface area contributed by atoms with Crippen LogP contribution in [0.5, 0.6) is 0 Å². The summed E-state index contributed by atoms with van der Waals surface area (Å²) in [4.78, 5) is 2.20. The Morgan fingerprint density at radius 3 is 1.79 bits per heavy atom. The van der Waals surface area contributed by atoms with E-state index in [0.29, 0.717) is 6.04 Å². The number of hydrogen-bond acceptors (Lipinski definition) is 4. The second-order valence-electron chi connectivity index (χ2n) is 4.19. The van der Waals surface area contributed by atoms with E-state index >= 15 is 0 Å². The summed E-state index contributed by atoms with van der Waals surface area (Å²) in [6.45, 7) is 4.92. The topological polar surface area (TPSA) is 33.7 Å². The molecule has 0 spiro atoms. The number of hydrogen-bond donors (Lipinski definition) is 1. The predicted molar refractivity (Wildman–Crippen MR) is 56.5 cm³/mol. The molecule has 0 aromatic carbocycles. The van der Waals surface area contributed by atoms with Crippen LogP contribution < -0.4 is 5.32 Å². The maximum Gasteiger partial charge on any atom is 0.0642 e. The van der Waals surface area contributed by atoms with Gasteiger partial charge in [0.1, 0.15) is 0 Å². The number of ether oxygens (including phenoxy) is 2.